The van der Waals surface area contributed by atoms with Crippen molar-refractivity contribution in [1.29, 1.82) is 0 Å². The molecule has 1 amide bonds. The fraction of sp³-hybridized carbons (Fsp3) is 0.632. The molecular formula is C19H27NO5S. The Balaban J connectivity index is 1.53. The van der Waals surface area contributed by atoms with Crippen LogP contribution >= 0.6 is 0 Å². The molecule has 7 heteroatoms. The van der Waals surface area contributed by atoms with E-state index in [1.165, 1.54) is 0 Å². The van der Waals surface area contributed by atoms with Crippen LogP contribution in [0.2, 0.25) is 0 Å². The van der Waals surface area contributed by atoms with Crippen LogP contribution in [0, 0.1) is 0 Å². The second-order valence-electron chi connectivity index (χ2n) is 7.72. The van der Waals surface area contributed by atoms with Gasteiger partial charge in [-0.15, -0.1) is 0 Å². The number of ether oxygens (including phenoxy) is 1. The molecular weight excluding hydrogens is 354 g/mol. The number of piperidine rings is 1. The zero-order valence-electron chi connectivity index (χ0n) is 15.2. The van der Waals surface area contributed by atoms with Crippen molar-refractivity contribution >= 4 is 15.7 Å². The summed E-state index contributed by atoms with van der Waals surface area (Å²) in [6.07, 6.45) is 2.57. The quantitative estimate of drug-likeness (QED) is 0.859. The van der Waals surface area contributed by atoms with Gasteiger partial charge in [-0.05, 0) is 38.3 Å². The standard InChI is InChI=1S/C19H27NO5S/c1-18(22)10-13-25-19(15-18)8-11-20(12-9-19)17(21)7-14-26(23,24)16-5-3-2-4-6-16/h2-6,22H,7-15H2,1H3. The van der Waals surface area contributed by atoms with Crippen LogP contribution in [0.25, 0.3) is 0 Å². The second kappa shape index (κ2) is 7.29. The monoisotopic (exact) mass is 381 g/mol. The van der Waals surface area contributed by atoms with E-state index >= 15 is 0 Å². The van der Waals surface area contributed by atoms with Crippen molar-refractivity contribution in [3.05, 3.63) is 30.3 Å². The summed E-state index contributed by atoms with van der Waals surface area (Å²) >= 11 is 0. The molecule has 0 radical (unpaired) electrons. The molecule has 3 rings (SSSR count). The van der Waals surface area contributed by atoms with Crippen molar-refractivity contribution in [2.45, 2.75) is 55.1 Å². The number of carbonyl (C=O) groups excluding carboxylic acids is 1. The molecule has 144 valence electrons. The summed E-state index contributed by atoms with van der Waals surface area (Å²) in [5.41, 5.74) is -1.07. The molecule has 0 aromatic heterocycles. The maximum absolute atomic E-state index is 12.4. The third kappa shape index (κ3) is 4.45. The molecule has 2 saturated heterocycles. The number of carbonyl (C=O) groups is 1. The minimum Gasteiger partial charge on any atom is -0.390 e. The van der Waals surface area contributed by atoms with Gasteiger partial charge in [0, 0.05) is 25.9 Å². The van der Waals surface area contributed by atoms with Gasteiger partial charge in [0.15, 0.2) is 9.84 Å². The number of amides is 1. The van der Waals surface area contributed by atoms with Gasteiger partial charge in [0.25, 0.3) is 0 Å². The summed E-state index contributed by atoms with van der Waals surface area (Å²) in [5.74, 6) is -0.315. The van der Waals surface area contributed by atoms with Crippen LogP contribution in [0.15, 0.2) is 35.2 Å². The molecule has 6 nitrogen and oxygen atoms in total. The number of benzene rings is 1. The van der Waals surface area contributed by atoms with Gasteiger partial charge >= 0.3 is 0 Å². The van der Waals surface area contributed by atoms with E-state index in [-0.39, 0.29) is 28.6 Å². The fourth-order valence-electron chi connectivity index (χ4n) is 3.93. The molecule has 1 aromatic carbocycles. The third-order valence-electron chi connectivity index (χ3n) is 5.47. The first kappa shape index (κ1) is 19.3. The summed E-state index contributed by atoms with van der Waals surface area (Å²) < 4.78 is 30.6. The number of rotatable bonds is 4. The molecule has 2 aliphatic rings. The van der Waals surface area contributed by atoms with Gasteiger partial charge in [0.1, 0.15) is 0 Å². The molecule has 0 aliphatic carbocycles. The van der Waals surface area contributed by atoms with Crippen molar-refractivity contribution in [2.75, 3.05) is 25.4 Å². The highest BCUT2D eigenvalue weighted by atomic mass is 32.2. The van der Waals surface area contributed by atoms with Crippen molar-refractivity contribution in [1.82, 2.24) is 4.90 Å². The highest BCUT2D eigenvalue weighted by molar-refractivity contribution is 7.91. The average Bonchev–Trinajstić information content (AvgIpc) is 2.60. The normalized spacial score (nSPS) is 26.0. The van der Waals surface area contributed by atoms with Gasteiger partial charge < -0.3 is 14.7 Å². The third-order valence-corrected chi connectivity index (χ3v) is 7.20. The summed E-state index contributed by atoms with van der Waals surface area (Å²) in [7, 11) is -3.44. The number of aliphatic hydroxyl groups is 1. The Morgan fingerprint density at radius 2 is 1.85 bits per heavy atom. The van der Waals surface area contributed by atoms with Crippen LogP contribution in [0.4, 0.5) is 0 Å². The largest absolute Gasteiger partial charge is 0.390 e. The van der Waals surface area contributed by atoms with E-state index in [1.54, 1.807) is 35.2 Å². The Kier molecular flexibility index (Phi) is 5.42. The number of hydrogen-bond donors (Lipinski definition) is 1. The Bertz CT molecular complexity index is 736. The van der Waals surface area contributed by atoms with E-state index in [0.717, 1.165) is 0 Å². The first-order valence-corrected chi connectivity index (χ1v) is 10.8. The van der Waals surface area contributed by atoms with Gasteiger partial charge in [-0.1, -0.05) is 18.2 Å². The van der Waals surface area contributed by atoms with Crippen LogP contribution in [0.3, 0.4) is 0 Å². The van der Waals surface area contributed by atoms with Crippen molar-refractivity contribution in [2.24, 2.45) is 0 Å². The van der Waals surface area contributed by atoms with Gasteiger partial charge in [-0.3, -0.25) is 4.79 Å². The molecule has 2 aliphatic heterocycles. The average molecular weight is 381 g/mol. The summed E-state index contributed by atoms with van der Waals surface area (Å²) in [6.45, 7) is 3.46. The van der Waals surface area contributed by atoms with E-state index in [2.05, 4.69) is 0 Å². The maximum Gasteiger partial charge on any atom is 0.223 e. The van der Waals surface area contributed by atoms with Crippen LogP contribution in [-0.2, 0) is 19.4 Å². The van der Waals surface area contributed by atoms with Gasteiger partial charge in [-0.2, -0.15) is 0 Å². The molecule has 26 heavy (non-hydrogen) atoms. The topological polar surface area (TPSA) is 83.9 Å². The highest BCUT2D eigenvalue weighted by Crippen LogP contribution is 2.39. The lowest BCUT2D eigenvalue weighted by atomic mass is 9.78. The highest BCUT2D eigenvalue weighted by Gasteiger charge is 2.44. The zero-order chi connectivity index (χ0) is 18.8. The second-order valence-corrected chi connectivity index (χ2v) is 9.83. The Morgan fingerprint density at radius 3 is 2.46 bits per heavy atom. The molecule has 1 spiro atoms. The van der Waals surface area contributed by atoms with Crippen LogP contribution < -0.4 is 0 Å². The van der Waals surface area contributed by atoms with Crippen molar-refractivity contribution in [3.63, 3.8) is 0 Å². The van der Waals surface area contributed by atoms with Gasteiger partial charge in [0.2, 0.25) is 5.91 Å². The summed E-state index contributed by atoms with van der Waals surface area (Å²) in [5, 5.41) is 10.3. The number of sulfone groups is 1. The van der Waals surface area contributed by atoms with E-state index in [9.17, 15) is 18.3 Å². The lowest BCUT2D eigenvalue weighted by molar-refractivity contribution is -0.175. The van der Waals surface area contributed by atoms with Crippen LogP contribution in [0.5, 0.6) is 0 Å². The van der Waals surface area contributed by atoms with E-state index in [1.807, 2.05) is 6.92 Å². The first-order valence-electron chi connectivity index (χ1n) is 9.13. The lowest BCUT2D eigenvalue weighted by Gasteiger charge is -2.48. The molecule has 1 atom stereocenters. The molecule has 2 heterocycles. The van der Waals surface area contributed by atoms with Gasteiger partial charge in [0.05, 0.1) is 28.5 Å². The van der Waals surface area contributed by atoms with Crippen LogP contribution in [-0.4, -0.2) is 61.0 Å². The predicted octanol–water partition coefficient (Wildman–Crippen LogP) is 1.77. The SMILES string of the molecule is CC1(O)CCOC2(CCN(C(=O)CCS(=O)(=O)c3ccccc3)CC2)C1. The van der Waals surface area contributed by atoms with Gasteiger partial charge in [-0.25, -0.2) is 8.42 Å². The Hall–Kier alpha value is -1.44. The predicted molar refractivity (Wildman–Crippen MR) is 97.5 cm³/mol. The molecule has 2 fully saturated rings. The van der Waals surface area contributed by atoms with Crippen molar-refractivity contribution in [3.8, 4) is 0 Å². The number of nitrogens with zero attached hydrogens (tertiary/aromatic N) is 1. The Labute approximate surface area is 155 Å². The molecule has 0 bridgehead atoms. The maximum atomic E-state index is 12.4. The fourth-order valence-corrected chi connectivity index (χ4v) is 5.18. The van der Waals surface area contributed by atoms with E-state index < -0.39 is 15.4 Å². The van der Waals surface area contributed by atoms with E-state index in [4.69, 9.17) is 4.74 Å². The molecule has 1 N–H and O–H groups in total. The van der Waals surface area contributed by atoms with E-state index in [0.29, 0.717) is 45.4 Å². The number of hydrogen-bond acceptors (Lipinski definition) is 5. The minimum absolute atomic E-state index is 0.0111. The first-order chi connectivity index (χ1) is 12.2. The summed E-state index contributed by atoms with van der Waals surface area (Å²) in [6, 6.07) is 8.22. The van der Waals surface area contributed by atoms with Crippen LogP contribution in [0.1, 0.15) is 39.0 Å². The minimum atomic E-state index is -3.44. The Morgan fingerprint density at radius 1 is 1.19 bits per heavy atom. The molecule has 0 saturated carbocycles. The smallest absolute Gasteiger partial charge is 0.223 e. The zero-order valence-corrected chi connectivity index (χ0v) is 16.0. The summed E-state index contributed by atoms with van der Waals surface area (Å²) in [4.78, 5) is 14.4. The number of likely N-dealkylation sites (tertiary alicyclic amines) is 1. The lowest BCUT2D eigenvalue weighted by Crippen LogP contribution is -2.54. The molecule has 1 unspecified atom stereocenters. The van der Waals surface area contributed by atoms with Crippen molar-refractivity contribution < 1.29 is 23.1 Å². The molecule has 1 aromatic rings.